The fourth-order valence-corrected chi connectivity index (χ4v) is 2.42. The Morgan fingerprint density at radius 2 is 2.00 bits per heavy atom. The fourth-order valence-electron chi connectivity index (χ4n) is 2.03. The van der Waals surface area contributed by atoms with Crippen LogP contribution in [-0.4, -0.2) is 15.9 Å². The molecule has 0 aliphatic heterocycles. The average molecular weight is 341 g/mol. The normalized spacial score (nSPS) is 11.6. The largest absolute Gasteiger partial charge is 0.259 e. The van der Waals surface area contributed by atoms with Gasteiger partial charge in [0.1, 0.15) is 0 Å². The Morgan fingerprint density at radius 3 is 2.86 bits per heavy atom. The number of hydrogen-bond acceptors (Lipinski definition) is 4. The van der Waals surface area contributed by atoms with Crippen LogP contribution in [0.15, 0.2) is 64.3 Å². The number of anilines is 1. The molecule has 0 unspecified atom stereocenters. The van der Waals surface area contributed by atoms with E-state index in [-0.39, 0.29) is 0 Å². The van der Waals surface area contributed by atoms with Gasteiger partial charge in [0, 0.05) is 15.2 Å². The Balaban J connectivity index is 1.90. The molecule has 0 amide bonds. The van der Waals surface area contributed by atoms with Crippen LogP contribution in [0.3, 0.4) is 0 Å². The summed E-state index contributed by atoms with van der Waals surface area (Å²) < 4.78 is 1.03. The molecule has 0 aliphatic rings. The van der Waals surface area contributed by atoms with E-state index in [1.165, 1.54) is 0 Å². The summed E-state index contributed by atoms with van der Waals surface area (Å²) in [5.74, 6) is 0.655. The second-order valence-electron chi connectivity index (χ2n) is 4.60. The standard InChI is InChI=1S/C16H13BrN4/c1-11(12-6-4-7-14(17)9-12)19-21-16-15-8-3-2-5-13(15)10-18-20-16/h2-10H,1H3,(H,20,21)/b19-11+. The van der Waals surface area contributed by atoms with E-state index in [2.05, 4.69) is 36.7 Å². The summed E-state index contributed by atoms with van der Waals surface area (Å²) in [6, 6.07) is 16.0. The van der Waals surface area contributed by atoms with Gasteiger partial charge in [-0.05, 0) is 24.6 Å². The van der Waals surface area contributed by atoms with Crippen molar-refractivity contribution < 1.29 is 0 Å². The van der Waals surface area contributed by atoms with E-state index < -0.39 is 0 Å². The summed E-state index contributed by atoms with van der Waals surface area (Å²) >= 11 is 3.46. The monoisotopic (exact) mass is 340 g/mol. The molecule has 1 aromatic heterocycles. The highest BCUT2D eigenvalue weighted by Crippen LogP contribution is 2.19. The molecule has 21 heavy (non-hydrogen) atoms. The molecule has 0 radical (unpaired) electrons. The van der Waals surface area contributed by atoms with Gasteiger partial charge in [-0.2, -0.15) is 10.2 Å². The van der Waals surface area contributed by atoms with Crippen molar-refractivity contribution in [2.75, 3.05) is 5.43 Å². The quantitative estimate of drug-likeness (QED) is 0.573. The first-order valence-electron chi connectivity index (χ1n) is 6.51. The predicted molar refractivity (Wildman–Crippen MR) is 89.5 cm³/mol. The number of nitrogens with one attached hydrogen (secondary N) is 1. The Bertz CT molecular complexity index is 809. The lowest BCUT2D eigenvalue weighted by molar-refractivity contribution is 1.04. The first-order chi connectivity index (χ1) is 10.2. The molecule has 0 aliphatic carbocycles. The number of benzene rings is 2. The third-order valence-corrected chi connectivity index (χ3v) is 3.64. The van der Waals surface area contributed by atoms with Crippen molar-refractivity contribution in [3.8, 4) is 0 Å². The minimum Gasteiger partial charge on any atom is -0.259 e. The van der Waals surface area contributed by atoms with Gasteiger partial charge < -0.3 is 0 Å². The molecule has 1 N–H and O–H groups in total. The SMILES string of the molecule is C/C(=N\Nc1nncc2ccccc12)c1cccc(Br)c1. The molecular weight excluding hydrogens is 328 g/mol. The zero-order valence-electron chi connectivity index (χ0n) is 11.4. The smallest absolute Gasteiger partial charge is 0.176 e. The first kappa shape index (κ1) is 13.7. The predicted octanol–water partition coefficient (Wildman–Crippen LogP) is 4.23. The summed E-state index contributed by atoms with van der Waals surface area (Å²) in [6.07, 6.45) is 1.74. The number of hydrogen-bond donors (Lipinski definition) is 1. The van der Waals surface area contributed by atoms with Gasteiger partial charge in [0.15, 0.2) is 5.82 Å². The average Bonchev–Trinajstić information content (AvgIpc) is 2.52. The summed E-state index contributed by atoms with van der Waals surface area (Å²) in [5.41, 5.74) is 4.93. The van der Waals surface area contributed by atoms with E-state index in [1.54, 1.807) is 6.20 Å². The van der Waals surface area contributed by atoms with Crippen LogP contribution in [0, 0.1) is 0 Å². The molecule has 0 spiro atoms. The van der Waals surface area contributed by atoms with E-state index in [9.17, 15) is 0 Å². The summed E-state index contributed by atoms with van der Waals surface area (Å²) in [7, 11) is 0. The zero-order valence-corrected chi connectivity index (χ0v) is 13.0. The van der Waals surface area contributed by atoms with Crippen molar-refractivity contribution in [3.05, 3.63) is 64.8 Å². The molecule has 4 nitrogen and oxygen atoms in total. The second kappa shape index (κ2) is 6.01. The van der Waals surface area contributed by atoms with Crippen LogP contribution in [0.4, 0.5) is 5.82 Å². The minimum absolute atomic E-state index is 0.655. The van der Waals surface area contributed by atoms with Crippen LogP contribution in [0.2, 0.25) is 0 Å². The molecule has 3 aromatic rings. The van der Waals surface area contributed by atoms with Gasteiger partial charge in [-0.1, -0.05) is 52.3 Å². The van der Waals surface area contributed by atoms with Crippen LogP contribution in [0.5, 0.6) is 0 Å². The number of aromatic nitrogens is 2. The minimum atomic E-state index is 0.655. The molecule has 3 rings (SSSR count). The lowest BCUT2D eigenvalue weighted by Crippen LogP contribution is -2.02. The molecule has 5 heteroatoms. The molecule has 1 heterocycles. The molecule has 2 aromatic carbocycles. The van der Waals surface area contributed by atoms with Gasteiger partial charge >= 0.3 is 0 Å². The van der Waals surface area contributed by atoms with E-state index in [1.807, 2.05) is 55.5 Å². The van der Waals surface area contributed by atoms with Crippen molar-refractivity contribution in [2.45, 2.75) is 6.92 Å². The van der Waals surface area contributed by atoms with E-state index in [0.717, 1.165) is 26.5 Å². The first-order valence-corrected chi connectivity index (χ1v) is 7.30. The molecule has 0 atom stereocenters. The maximum absolute atomic E-state index is 4.40. The van der Waals surface area contributed by atoms with Crippen molar-refractivity contribution in [1.29, 1.82) is 0 Å². The van der Waals surface area contributed by atoms with Gasteiger partial charge in [0.25, 0.3) is 0 Å². The number of rotatable bonds is 3. The summed E-state index contributed by atoms with van der Waals surface area (Å²) in [5, 5.41) is 14.5. The highest BCUT2D eigenvalue weighted by molar-refractivity contribution is 9.10. The van der Waals surface area contributed by atoms with Gasteiger partial charge in [-0.3, -0.25) is 5.43 Å². The van der Waals surface area contributed by atoms with Crippen LogP contribution >= 0.6 is 15.9 Å². The van der Waals surface area contributed by atoms with Gasteiger partial charge in [0.2, 0.25) is 0 Å². The Labute approximate surface area is 131 Å². The van der Waals surface area contributed by atoms with Crippen molar-refractivity contribution >= 4 is 38.2 Å². The fraction of sp³-hybridized carbons (Fsp3) is 0.0625. The Hall–Kier alpha value is -2.27. The Kier molecular flexibility index (Phi) is 3.92. The number of hydrazone groups is 1. The maximum Gasteiger partial charge on any atom is 0.176 e. The lowest BCUT2D eigenvalue weighted by atomic mass is 10.1. The lowest BCUT2D eigenvalue weighted by Gasteiger charge is -2.05. The van der Waals surface area contributed by atoms with Crippen molar-refractivity contribution in [3.63, 3.8) is 0 Å². The number of fused-ring (bicyclic) bond motifs is 1. The van der Waals surface area contributed by atoms with Crippen LogP contribution < -0.4 is 5.43 Å². The Morgan fingerprint density at radius 1 is 1.14 bits per heavy atom. The topological polar surface area (TPSA) is 50.2 Å². The molecular formula is C16H13BrN4. The van der Waals surface area contributed by atoms with Crippen LogP contribution in [0.1, 0.15) is 12.5 Å². The highest BCUT2D eigenvalue weighted by Gasteiger charge is 2.02. The molecule has 0 fully saturated rings. The maximum atomic E-state index is 4.40. The van der Waals surface area contributed by atoms with Gasteiger partial charge in [0.05, 0.1) is 11.9 Å². The van der Waals surface area contributed by atoms with Gasteiger partial charge in [-0.25, -0.2) is 0 Å². The van der Waals surface area contributed by atoms with E-state index in [4.69, 9.17) is 0 Å². The van der Waals surface area contributed by atoms with Crippen molar-refractivity contribution in [1.82, 2.24) is 10.2 Å². The third-order valence-electron chi connectivity index (χ3n) is 3.14. The summed E-state index contributed by atoms with van der Waals surface area (Å²) in [4.78, 5) is 0. The number of halogens is 1. The van der Waals surface area contributed by atoms with E-state index >= 15 is 0 Å². The highest BCUT2D eigenvalue weighted by atomic mass is 79.9. The third kappa shape index (κ3) is 3.08. The molecule has 0 saturated heterocycles. The van der Waals surface area contributed by atoms with E-state index in [0.29, 0.717) is 5.82 Å². The summed E-state index contributed by atoms with van der Waals surface area (Å²) in [6.45, 7) is 1.95. The second-order valence-corrected chi connectivity index (χ2v) is 5.52. The van der Waals surface area contributed by atoms with Crippen molar-refractivity contribution in [2.24, 2.45) is 5.10 Å². The molecule has 104 valence electrons. The van der Waals surface area contributed by atoms with Gasteiger partial charge in [-0.15, -0.1) is 5.10 Å². The zero-order chi connectivity index (χ0) is 14.7. The molecule has 0 bridgehead atoms. The van der Waals surface area contributed by atoms with Crippen LogP contribution in [0.25, 0.3) is 10.8 Å². The van der Waals surface area contributed by atoms with Crippen LogP contribution in [-0.2, 0) is 0 Å². The number of nitrogens with zero attached hydrogens (tertiary/aromatic N) is 3. The molecule has 0 saturated carbocycles.